The first kappa shape index (κ1) is 21.4. The van der Waals surface area contributed by atoms with Crippen LogP contribution < -0.4 is 14.2 Å². The molecule has 0 aliphatic carbocycles. The maximum atomic E-state index is 11.5. The minimum atomic E-state index is -0.705. The first-order valence-electron chi connectivity index (χ1n) is 9.09. The standard InChI is InChI=1S/C22H18N2O7/c1-13(25)30-21-11-16(23-19-7-5-4-6-18(19)21)9-8-15-10-17(29-3)12-20(24(27)28)22(15)31-14(2)26/h4-12H,1-3H3. The van der Waals surface area contributed by atoms with Crippen molar-refractivity contribution in [3.63, 3.8) is 0 Å². The average Bonchev–Trinajstić information content (AvgIpc) is 2.71. The number of pyridine rings is 1. The van der Waals surface area contributed by atoms with Gasteiger partial charge in [-0.3, -0.25) is 19.7 Å². The van der Waals surface area contributed by atoms with Crippen molar-refractivity contribution in [2.24, 2.45) is 0 Å². The molecule has 9 heteroatoms. The minimum absolute atomic E-state index is 0.212. The van der Waals surface area contributed by atoms with E-state index in [0.29, 0.717) is 22.3 Å². The van der Waals surface area contributed by atoms with Gasteiger partial charge in [0.2, 0.25) is 5.75 Å². The Morgan fingerprint density at radius 3 is 2.39 bits per heavy atom. The third-order valence-electron chi connectivity index (χ3n) is 4.14. The number of fused-ring (bicyclic) bond motifs is 1. The van der Waals surface area contributed by atoms with E-state index < -0.39 is 22.5 Å². The van der Waals surface area contributed by atoms with Crippen LogP contribution in [0.4, 0.5) is 5.69 Å². The smallest absolute Gasteiger partial charge is 0.316 e. The van der Waals surface area contributed by atoms with E-state index in [-0.39, 0.29) is 17.1 Å². The van der Waals surface area contributed by atoms with Crippen molar-refractivity contribution in [2.75, 3.05) is 7.11 Å². The van der Waals surface area contributed by atoms with E-state index in [1.54, 1.807) is 36.4 Å². The van der Waals surface area contributed by atoms with E-state index in [4.69, 9.17) is 14.2 Å². The van der Waals surface area contributed by atoms with E-state index in [0.717, 1.165) is 6.92 Å². The largest absolute Gasteiger partial charge is 0.496 e. The lowest BCUT2D eigenvalue weighted by Gasteiger charge is -2.10. The predicted octanol–water partition coefficient (Wildman–Crippen LogP) is 4.17. The van der Waals surface area contributed by atoms with Crippen LogP contribution in [0.1, 0.15) is 25.1 Å². The molecular formula is C22H18N2O7. The summed E-state index contributed by atoms with van der Waals surface area (Å²) in [5.74, 6) is -0.852. The van der Waals surface area contributed by atoms with Crippen LogP contribution in [-0.2, 0) is 9.59 Å². The van der Waals surface area contributed by atoms with Crippen LogP contribution in [-0.4, -0.2) is 29.0 Å². The molecule has 0 aliphatic heterocycles. The second-order valence-corrected chi connectivity index (χ2v) is 6.41. The number of ether oxygens (including phenoxy) is 3. The molecule has 0 amide bonds. The fraction of sp³-hybridized carbons (Fsp3) is 0.136. The molecule has 2 aromatic carbocycles. The molecule has 0 aliphatic rings. The highest BCUT2D eigenvalue weighted by atomic mass is 16.6. The van der Waals surface area contributed by atoms with E-state index >= 15 is 0 Å². The zero-order chi connectivity index (χ0) is 22.5. The molecule has 0 bridgehead atoms. The van der Waals surface area contributed by atoms with Gasteiger partial charge in [0.15, 0.2) is 0 Å². The van der Waals surface area contributed by atoms with Crippen LogP contribution in [0.3, 0.4) is 0 Å². The fourth-order valence-electron chi connectivity index (χ4n) is 2.90. The summed E-state index contributed by atoms with van der Waals surface area (Å²) in [6, 6.07) is 11.4. The Bertz CT molecular complexity index is 1220. The Morgan fingerprint density at radius 2 is 1.74 bits per heavy atom. The number of nitro groups is 1. The predicted molar refractivity (Wildman–Crippen MR) is 113 cm³/mol. The van der Waals surface area contributed by atoms with E-state index in [1.165, 1.54) is 32.2 Å². The number of benzene rings is 2. The molecule has 0 N–H and O–H groups in total. The number of carbonyl (C=O) groups is 2. The van der Waals surface area contributed by atoms with Crippen molar-refractivity contribution >= 4 is 40.7 Å². The van der Waals surface area contributed by atoms with Crippen molar-refractivity contribution in [3.05, 3.63) is 63.8 Å². The van der Waals surface area contributed by atoms with Crippen molar-refractivity contribution in [1.29, 1.82) is 0 Å². The number of esters is 2. The summed E-state index contributed by atoms with van der Waals surface area (Å²) in [5, 5.41) is 12.1. The number of rotatable bonds is 6. The Labute approximate surface area is 177 Å². The van der Waals surface area contributed by atoms with Gasteiger partial charge in [-0.1, -0.05) is 12.1 Å². The van der Waals surface area contributed by atoms with Gasteiger partial charge in [-0.15, -0.1) is 0 Å². The van der Waals surface area contributed by atoms with Gasteiger partial charge in [0, 0.05) is 30.9 Å². The summed E-state index contributed by atoms with van der Waals surface area (Å²) in [7, 11) is 1.37. The van der Waals surface area contributed by atoms with Gasteiger partial charge in [0.1, 0.15) is 11.5 Å². The van der Waals surface area contributed by atoms with Crippen LogP contribution >= 0.6 is 0 Å². The van der Waals surface area contributed by atoms with Gasteiger partial charge in [-0.2, -0.15) is 0 Å². The van der Waals surface area contributed by atoms with Crippen LogP contribution in [0.25, 0.3) is 23.1 Å². The molecule has 31 heavy (non-hydrogen) atoms. The molecule has 0 atom stereocenters. The second-order valence-electron chi connectivity index (χ2n) is 6.41. The topological polar surface area (TPSA) is 118 Å². The van der Waals surface area contributed by atoms with Gasteiger partial charge < -0.3 is 14.2 Å². The second kappa shape index (κ2) is 9.04. The molecule has 0 fully saturated rings. The highest BCUT2D eigenvalue weighted by Gasteiger charge is 2.22. The number of hydrogen-bond donors (Lipinski definition) is 0. The summed E-state index contributed by atoms with van der Waals surface area (Å²) in [6.45, 7) is 2.45. The van der Waals surface area contributed by atoms with Gasteiger partial charge in [-0.05, 0) is 30.4 Å². The van der Waals surface area contributed by atoms with Gasteiger partial charge >= 0.3 is 17.6 Å². The third-order valence-corrected chi connectivity index (χ3v) is 4.14. The van der Waals surface area contributed by atoms with Crippen molar-refractivity contribution in [3.8, 4) is 17.2 Å². The van der Waals surface area contributed by atoms with Gasteiger partial charge in [-0.25, -0.2) is 4.98 Å². The highest BCUT2D eigenvalue weighted by Crippen LogP contribution is 2.37. The minimum Gasteiger partial charge on any atom is -0.496 e. The molecule has 1 heterocycles. The molecule has 9 nitrogen and oxygen atoms in total. The SMILES string of the molecule is COc1cc(C=Cc2cc(OC(C)=O)c3ccccc3n2)c(OC(C)=O)c([N+](=O)[O-])c1. The first-order chi connectivity index (χ1) is 14.8. The summed E-state index contributed by atoms with van der Waals surface area (Å²) in [5.41, 5.74) is 0.846. The summed E-state index contributed by atoms with van der Waals surface area (Å²) in [4.78, 5) is 38.3. The molecule has 0 saturated heterocycles. The zero-order valence-electron chi connectivity index (χ0n) is 16.9. The van der Waals surface area contributed by atoms with E-state index in [1.807, 2.05) is 0 Å². The number of hydrogen-bond acceptors (Lipinski definition) is 8. The molecule has 0 unspecified atom stereocenters. The Balaban J connectivity index is 2.13. The number of aromatic nitrogens is 1. The summed E-state index contributed by atoms with van der Waals surface area (Å²) < 4.78 is 15.5. The van der Waals surface area contributed by atoms with E-state index in [9.17, 15) is 19.7 Å². The van der Waals surface area contributed by atoms with Crippen LogP contribution in [0.2, 0.25) is 0 Å². The monoisotopic (exact) mass is 422 g/mol. The molecule has 0 radical (unpaired) electrons. The van der Waals surface area contributed by atoms with Crippen LogP contribution in [0.15, 0.2) is 42.5 Å². The summed E-state index contributed by atoms with van der Waals surface area (Å²) >= 11 is 0. The lowest BCUT2D eigenvalue weighted by molar-refractivity contribution is -0.385. The molecular weight excluding hydrogens is 404 g/mol. The number of methoxy groups -OCH3 is 1. The molecule has 0 spiro atoms. The normalized spacial score (nSPS) is 10.8. The molecule has 3 aromatic rings. The quantitative estimate of drug-likeness (QED) is 0.251. The van der Waals surface area contributed by atoms with E-state index in [2.05, 4.69) is 4.98 Å². The highest BCUT2D eigenvalue weighted by molar-refractivity contribution is 5.89. The van der Waals surface area contributed by atoms with Crippen molar-refractivity contribution in [1.82, 2.24) is 4.98 Å². The van der Waals surface area contributed by atoms with Crippen molar-refractivity contribution < 1.29 is 28.7 Å². The lowest BCUT2D eigenvalue weighted by atomic mass is 10.1. The van der Waals surface area contributed by atoms with Crippen LogP contribution in [0.5, 0.6) is 17.2 Å². The first-order valence-corrected chi connectivity index (χ1v) is 9.09. The fourth-order valence-corrected chi connectivity index (χ4v) is 2.90. The average molecular weight is 422 g/mol. The Kier molecular flexibility index (Phi) is 6.25. The van der Waals surface area contributed by atoms with Crippen LogP contribution in [0, 0.1) is 10.1 Å². The maximum absolute atomic E-state index is 11.5. The third kappa shape index (κ3) is 5.02. The maximum Gasteiger partial charge on any atom is 0.316 e. The van der Waals surface area contributed by atoms with Gasteiger partial charge in [0.25, 0.3) is 0 Å². The molecule has 158 valence electrons. The number of para-hydroxylation sites is 1. The zero-order valence-corrected chi connectivity index (χ0v) is 16.9. The Hall–Kier alpha value is -4.27. The number of nitro benzene ring substituents is 1. The lowest BCUT2D eigenvalue weighted by Crippen LogP contribution is -2.06. The van der Waals surface area contributed by atoms with Gasteiger partial charge in [0.05, 0.1) is 29.3 Å². The number of nitrogens with zero attached hydrogens (tertiary/aromatic N) is 2. The molecule has 1 aromatic heterocycles. The Morgan fingerprint density at radius 1 is 1.03 bits per heavy atom. The number of carbonyl (C=O) groups excluding carboxylic acids is 2. The summed E-state index contributed by atoms with van der Waals surface area (Å²) in [6.07, 6.45) is 3.06. The molecule has 3 rings (SSSR count). The van der Waals surface area contributed by atoms with Crippen molar-refractivity contribution in [2.45, 2.75) is 13.8 Å². The molecule has 0 saturated carbocycles.